The van der Waals surface area contributed by atoms with Crippen LogP contribution in [0.3, 0.4) is 0 Å². The van der Waals surface area contributed by atoms with Gasteiger partial charge in [0.1, 0.15) is 16.6 Å². The highest BCUT2D eigenvalue weighted by molar-refractivity contribution is 7.91. The average Bonchev–Trinajstić information content (AvgIpc) is 3.33. The molecule has 1 saturated heterocycles. The summed E-state index contributed by atoms with van der Waals surface area (Å²) in [6.45, 7) is -0.874. The van der Waals surface area contributed by atoms with Gasteiger partial charge in [0.15, 0.2) is 0 Å². The highest BCUT2D eigenvalue weighted by atomic mass is 32.2. The van der Waals surface area contributed by atoms with Gasteiger partial charge in [-0.15, -0.1) is 11.3 Å². The molecule has 2 aromatic rings. The van der Waals surface area contributed by atoms with E-state index >= 15 is 0 Å². The summed E-state index contributed by atoms with van der Waals surface area (Å²) in [7, 11) is -2.16. The maximum Gasteiger partial charge on any atom is 0.406 e. The lowest BCUT2D eigenvalue weighted by molar-refractivity contribution is -0.141. The van der Waals surface area contributed by atoms with E-state index in [1.807, 2.05) is 0 Å². The quantitative estimate of drug-likeness (QED) is 0.678. The molecule has 3 heterocycles. The molecule has 0 bridgehead atoms. The number of alkyl halides is 3. The van der Waals surface area contributed by atoms with Gasteiger partial charge in [0, 0.05) is 32.5 Å². The van der Waals surface area contributed by atoms with E-state index in [1.54, 1.807) is 11.4 Å². The Bertz CT molecular complexity index is 942. The minimum Gasteiger partial charge on any atom is -0.338 e. The van der Waals surface area contributed by atoms with Crippen LogP contribution in [-0.2, 0) is 27.9 Å². The number of carbonyl (C=O) groups excluding carboxylic acids is 1. The molecule has 0 spiro atoms. The molecular formula is C17H21F3N4O3S2. The number of nitrogens with zero attached hydrogens (tertiary/aromatic N) is 4. The van der Waals surface area contributed by atoms with Crippen LogP contribution >= 0.6 is 11.3 Å². The molecule has 0 radical (unpaired) electrons. The SMILES string of the molecule is CN(Cc1nccn1CC(F)(F)F)C(=O)C1CCCN(S(=O)(=O)c2cccs2)C1. The van der Waals surface area contributed by atoms with Crippen LogP contribution in [0.25, 0.3) is 0 Å². The number of rotatable bonds is 6. The average molecular weight is 451 g/mol. The van der Waals surface area contributed by atoms with Crippen molar-refractivity contribution in [2.75, 3.05) is 20.1 Å². The maximum atomic E-state index is 12.8. The maximum absolute atomic E-state index is 12.8. The van der Waals surface area contributed by atoms with Crippen LogP contribution in [0.5, 0.6) is 0 Å². The minimum atomic E-state index is -4.39. The van der Waals surface area contributed by atoms with Crippen LogP contribution in [0.1, 0.15) is 18.7 Å². The van der Waals surface area contributed by atoms with E-state index in [9.17, 15) is 26.4 Å². The lowest BCUT2D eigenvalue weighted by atomic mass is 9.98. The first-order chi connectivity index (χ1) is 13.6. The zero-order valence-electron chi connectivity index (χ0n) is 15.7. The lowest BCUT2D eigenvalue weighted by Crippen LogP contribution is -2.45. The fraction of sp³-hybridized carbons (Fsp3) is 0.529. The van der Waals surface area contributed by atoms with Crippen molar-refractivity contribution in [2.45, 2.75) is 36.3 Å². The smallest absolute Gasteiger partial charge is 0.338 e. The van der Waals surface area contributed by atoms with Crippen LogP contribution in [0.15, 0.2) is 34.1 Å². The van der Waals surface area contributed by atoms with Crippen molar-refractivity contribution in [3.63, 3.8) is 0 Å². The third-order valence-corrected chi connectivity index (χ3v) is 7.97. The standard InChI is InChI=1S/C17H21F3N4O3S2/c1-22(11-14-21-6-8-23(14)12-17(18,19)20)16(25)13-4-2-7-24(10-13)29(26,27)15-5-3-9-28-15/h3,5-6,8-9,13H,2,4,7,10-12H2,1H3. The van der Waals surface area contributed by atoms with Crippen molar-refractivity contribution in [1.82, 2.24) is 18.8 Å². The highest BCUT2D eigenvalue weighted by Gasteiger charge is 2.35. The molecule has 3 rings (SSSR count). The fourth-order valence-electron chi connectivity index (χ4n) is 3.33. The molecule has 7 nitrogen and oxygen atoms in total. The molecule has 0 N–H and O–H groups in total. The van der Waals surface area contributed by atoms with E-state index in [-0.39, 0.29) is 29.0 Å². The van der Waals surface area contributed by atoms with Gasteiger partial charge in [0.25, 0.3) is 10.0 Å². The van der Waals surface area contributed by atoms with Crippen molar-refractivity contribution in [3.8, 4) is 0 Å². The van der Waals surface area contributed by atoms with E-state index in [4.69, 9.17) is 0 Å². The van der Waals surface area contributed by atoms with E-state index in [0.29, 0.717) is 19.4 Å². The predicted octanol–water partition coefficient (Wildman–Crippen LogP) is 2.57. The Morgan fingerprint density at radius 1 is 1.41 bits per heavy atom. The van der Waals surface area contributed by atoms with Gasteiger partial charge in [-0.05, 0) is 24.3 Å². The molecule has 1 amide bonds. The second-order valence-corrected chi connectivity index (χ2v) is 10.0. The largest absolute Gasteiger partial charge is 0.406 e. The summed E-state index contributed by atoms with van der Waals surface area (Å²) in [5.41, 5.74) is 0. The molecule has 2 aromatic heterocycles. The van der Waals surface area contributed by atoms with Gasteiger partial charge in [-0.3, -0.25) is 4.79 Å². The topological polar surface area (TPSA) is 75.5 Å². The van der Waals surface area contributed by atoms with Crippen LogP contribution in [0, 0.1) is 5.92 Å². The molecule has 1 unspecified atom stereocenters. The summed E-state index contributed by atoms with van der Waals surface area (Å²) in [5, 5.41) is 1.68. The van der Waals surface area contributed by atoms with Gasteiger partial charge >= 0.3 is 6.18 Å². The zero-order chi connectivity index (χ0) is 21.2. The summed E-state index contributed by atoms with van der Waals surface area (Å²) < 4.78 is 65.9. The zero-order valence-corrected chi connectivity index (χ0v) is 17.3. The number of hydrogen-bond donors (Lipinski definition) is 0. The Kier molecular flexibility index (Phi) is 6.34. The van der Waals surface area contributed by atoms with Gasteiger partial charge < -0.3 is 9.47 Å². The number of sulfonamides is 1. The summed E-state index contributed by atoms with van der Waals surface area (Å²) in [6, 6.07) is 3.18. The number of hydrogen-bond acceptors (Lipinski definition) is 5. The Balaban J connectivity index is 1.67. The number of thiophene rings is 1. The number of carbonyl (C=O) groups is 1. The first-order valence-corrected chi connectivity index (χ1v) is 11.3. The molecule has 1 fully saturated rings. The normalized spacial score (nSPS) is 18.7. The predicted molar refractivity (Wildman–Crippen MR) is 101 cm³/mol. The molecule has 0 saturated carbocycles. The third-order valence-electron chi connectivity index (χ3n) is 4.73. The molecule has 0 aromatic carbocycles. The van der Waals surface area contributed by atoms with E-state index in [0.717, 1.165) is 15.9 Å². The van der Waals surface area contributed by atoms with Gasteiger partial charge in [-0.1, -0.05) is 6.07 Å². The minimum absolute atomic E-state index is 0.0560. The summed E-state index contributed by atoms with van der Waals surface area (Å²) in [4.78, 5) is 18.1. The van der Waals surface area contributed by atoms with Crippen molar-refractivity contribution < 1.29 is 26.4 Å². The monoisotopic (exact) mass is 450 g/mol. The van der Waals surface area contributed by atoms with Crippen molar-refractivity contribution >= 4 is 27.3 Å². The number of imidazole rings is 1. The van der Waals surface area contributed by atoms with Gasteiger partial charge in [0.2, 0.25) is 5.91 Å². The Hall–Kier alpha value is -1.92. The molecule has 160 valence electrons. The lowest BCUT2D eigenvalue weighted by Gasteiger charge is -2.33. The van der Waals surface area contributed by atoms with Crippen LogP contribution in [0.4, 0.5) is 13.2 Å². The molecule has 1 aliphatic rings. The van der Waals surface area contributed by atoms with Gasteiger partial charge in [0.05, 0.1) is 12.5 Å². The van der Waals surface area contributed by atoms with E-state index < -0.39 is 28.7 Å². The number of piperidine rings is 1. The van der Waals surface area contributed by atoms with Crippen LogP contribution in [0.2, 0.25) is 0 Å². The number of aromatic nitrogens is 2. The second kappa shape index (κ2) is 8.44. The molecule has 1 atom stereocenters. The summed E-state index contributed by atoms with van der Waals surface area (Å²) >= 11 is 1.12. The van der Waals surface area contributed by atoms with E-state index in [1.165, 1.54) is 34.7 Å². The van der Waals surface area contributed by atoms with Crippen molar-refractivity contribution in [3.05, 3.63) is 35.7 Å². The van der Waals surface area contributed by atoms with Gasteiger partial charge in [-0.2, -0.15) is 17.5 Å². The highest BCUT2D eigenvalue weighted by Crippen LogP contribution is 2.27. The van der Waals surface area contributed by atoms with Crippen LogP contribution < -0.4 is 0 Å². The molecule has 1 aliphatic heterocycles. The molecule has 29 heavy (non-hydrogen) atoms. The molecule has 0 aliphatic carbocycles. The van der Waals surface area contributed by atoms with E-state index in [2.05, 4.69) is 4.98 Å². The second-order valence-electron chi connectivity index (χ2n) is 6.92. The number of amides is 1. The van der Waals surface area contributed by atoms with Crippen molar-refractivity contribution in [2.24, 2.45) is 5.92 Å². The van der Waals surface area contributed by atoms with Crippen molar-refractivity contribution in [1.29, 1.82) is 0 Å². The Morgan fingerprint density at radius 3 is 2.83 bits per heavy atom. The first kappa shape index (κ1) is 21.8. The third kappa shape index (κ3) is 5.17. The Labute approximate surface area is 170 Å². The fourth-order valence-corrected chi connectivity index (χ4v) is 6.00. The summed E-state index contributed by atoms with van der Waals surface area (Å²) in [6.07, 6.45) is -0.849. The molecular weight excluding hydrogens is 429 g/mol. The first-order valence-electron chi connectivity index (χ1n) is 8.93. The molecule has 12 heteroatoms. The Morgan fingerprint density at radius 2 is 2.17 bits per heavy atom. The summed E-state index contributed by atoms with van der Waals surface area (Å²) in [5.74, 6) is -0.732. The van der Waals surface area contributed by atoms with Crippen LogP contribution in [-0.4, -0.2) is 59.4 Å². The van der Waals surface area contributed by atoms with Gasteiger partial charge in [-0.25, -0.2) is 13.4 Å². The number of halogens is 3.